The van der Waals surface area contributed by atoms with Gasteiger partial charge in [0.15, 0.2) is 0 Å². The molecule has 2 heterocycles. The molecule has 1 aliphatic rings. The molecular weight excluding hydrogens is 324 g/mol. The van der Waals surface area contributed by atoms with Gasteiger partial charge in [0.2, 0.25) is 15.9 Å². The van der Waals surface area contributed by atoms with Crippen molar-refractivity contribution >= 4 is 27.3 Å². The fraction of sp³-hybridized carbons (Fsp3) is 0.643. The summed E-state index contributed by atoms with van der Waals surface area (Å²) in [6.45, 7) is 1.64. The number of rotatable bonds is 8. The summed E-state index contributed by atoms with van der Waals surface area (Å²) in [5.41, 5.74) is 0. The van der Waals surface area contributed by atoms with E-state index in [4.69, 9.17) is 4.74 Å². The lowest BCUT2D eigenvalue weighted by Crippen LogP contribution is -2.42. The number of hydrogen-bond acceptors (Lipinski definition) is 5. The van der Waals surface area contributed by atoms with Gasteiger partial charge >= 0.3 is 0 Å². The Hall–Kier alpha value is -0.960. The number of nitrogens with one attached hydrogen (secondary N) is 1. The molecule has 1 unspecified atom stereocenters. The lowest BCUT2D eigenvalue weighted by molar-refractivity contribution is -0.120. The third-order valence-electron chi connectivity index (χ3n) is 3.50. The second-order valence-corrected chi connectivity index (χ2v) is 8.38. The molecule has 1 N–H and O–H groups in total. The summed E-state index contributed by atoms with van der Waals surface area (Å²) in [7, 11) is -3.30. The maximum atomic E-state index is 11.8. The van der Waals surface area contributed by atoms with E-state index in [1.165, 1.54) is 21.9 Å². The van der Waals surface area contributed by atoms with Gasteiger partial charge in [0.25, 0.3) is 0 Å². The van der Waals surface area contributed by atoms with Crippen LogP contribution >= 0.6 is 11.3 Å². The van der Waals surface area contributed by atoms with Gasteiger partial charge in [0.1, 0.15) is 0 Å². The summed E-state index contributed by atoms with van der Waals surface area (Å²) >= 11 is 1.53. The van der Waals surface area contributed by atoms with Gasteiger partial charge in [0.05, 0.1) is 18.8 Å². The first-order valence-electron chi connectivity index (χ1n) is 7.31. The van der Waals surface area contributed by atoms with Gasteiger partial charge in [-0.15, -0.1) is 11.3 Å². The molecule has 0 bridgehead atoms. The average Bonchev–Trinajstić information content (AvgIpc) is 3.09. The van der Waals surface area contributed by atoms with Gasteiger partial charge < -0.3 is 10.1 Å². The van der Waals surface area contributed by atoms with E-state index in [9.17, 15) is 13.2 Å². The number of thiophene rings is 1. The zero-order valence-corrected chi connectivity index (χ0v) is 14.3. The van der Waals surface area contributed by atoms with Gasteiger partial charge in [-0.3, -0.25) is 4.79 Å². The van der Waals surface area contributed by atoms with E-state index in [0.717, 1.165) is 17.7 Å². The number of sulfonamides is 1. The number of amides is 1. The fourth-order valence-corrected chi connectivity index (χ4v) is 3.93. The van der Waals surface area contributed by atoms with Gasteiger partial charge in [-0.25, -0.2) is 8.42 Å². The van der Waals surface area contributed by atoms with Gasteiger partial charge in [0, 0.05) is 31.1 Å². The normalized spacial score (nSPS) is 18.7. The lowest BCUT2D eigenvalue weighted by atomic mass is 10.2. The molecule has 1 atom stereocenters. The molecule has 0 aliphatic carbocycles. The number of nitrogens with zero attached hydrogens (tertiary/aromatic N) is 1. The van der Waals surface area contributed by atoms with E-state index in [-0.39, 0.29) is 18.6 Å². The van der Waals surface area contributed by atoms with Crippen LogP contribution < -0.4 is 5.32 Å². The first kappa shape index (κ1) is 17.4. The second kappa shape index (κ2) is 8.05. The van der Waals surface area contributed by atoms with Gasteiger partial charge in [-0.2, -0.15) is 4.31 Å². The molecule has 1 saturated heterocycles. The lowest BCUT2D eigenvalue weighted by Gasteiger charge is -2.23. The highest BCUT2D eigenvalue weighted by atomic mass is 32.2. The van der Waals surface area contributed by atoms with Crippen LogP contribution in [0.15, 0.2) is 17.5 Å². The zero-order chi connectivity index (χ0) is 16.0. The molecular formula is C14H22N2O4S2. The summed E-state index contributed by atoms with van der Waals surface area (Å²) < 4.78 is 30.5. The summed E-state index contributed by atoms with van der Waals surface area (Å²) in [6, 6.07) is 3.81. The molecule has 0 saturated carbocycles. The van der Waals surface area contributed by atoms with Crippen LogP contribution in [0.3, 0.4) is 0 Å². The smallest absolute Gasteiger partial charge is 0.225 e. The maximum absolute atomic E-state index is 11.8. The van der Waals surface area contributed by atoms with E-state index in [1.807, 2.05) is 17.5 Å². The van der Waals surface area contributed by atoms with Crippen molar-refractivity contribution in [2.75, 3.05) is 32.5 Å². The average molecular weight is 346 g/mol. The molecule has 124 valence electrons. The molecule has 1 aromatic rings. The van der Waals surface area contributed by atoms with Gasteiger partial charge in [-0.05, 0) is 24.3 Å². The fourth-order valence-electron chi connectivity index (χ4n) is 2.36. The van der Waals surface area contributed by atoms with Crippen molar-refractivity contribution in [2.45, 2.75) is 25.4 Å². The van der Waals surface area contributed by atoms with Crippen molar-refractivity contribution in [3.05, 3.63) is 22.4 Å². The number of hydrogen-bond donors (Lipinski definition) is 1. The van der Waals surface area contributed by atoms with Crippen molar-refractivity contribution in [2.24, 2.45) is 0 Å². The monoisotopic (exact) mass is 346 g/mol. The predicted octanol–water partition coefficient (Wildman–Crippen LogP) is 0.847. The Morgan fingerprint density at radius 3 is 2.95 bits per heavy atom. The molecule has 6 nitrogen and oxygen atoms in total. The first-order chi connectivity index (χ1) is 10.4. The van der Waals surface area contributed by atoms with Crippen molar-refractivity contribution in [1.29, 1.82) is 0 Å². The van der Waals surface area contributed by atoms with E-state index in [2.05, 4.69) is 5.32 Å². The minimum Gasteiger partial charge on any atom is -0.377 e. The molecule has 0 aromatic carbocycles. The van der Waals surface area contributed by atoms with Crippen molar-refractivity contribution in [1.82, 2.24) is 9.62 Å². The Bertz CT molecular complexity index is 566. The number of carbonyl (C=O) groups excluding carboxylic acids is 1. The van der Waals surface area contributed by atoms with Crippen molar-refractivity contribution in [3.63, 3.8) is 0 Å². The molecule has 1 amide bonds. The molecule has 2 rings (SSSR count). The Labute approximate surface area is 135 Å². The molecule has 22 heavy (non-hydrogen) atoms. The zero-order valence-electron chi connectivity index (χ0n) is 12.7. The van der Waals surface area contributed by atoms with Crippen molar-refractivity contribution < 1.29 is 17.9 Å². The minimum absolute atomic E-state index is 0.0310. The van der Waals surface area contributed by atoms with Crippen LogP contribution in [-0.2, 0) is 26.0 Å². The summed E-state index contributed by atoms with van der Waals surface area (Å²) in [6.07, 6.45) is 3.35. The standard InChI is InChI=1S/C14H22N2O4S2/c1-22(18,19)16(11-12-4-2-8-20-12)7-6-15-14(17)10-13-5-3-9-21-13/h3,5,9,12H,2,4,6-8,10-11H2,1H3,(H,15,17). The Balaban J connectivity index is 1.76. The Morgan fingerprint density at radius 1 is 1.55 bits per heavy atom. The molecule has 1 aliphatic heterocycles. The number of ether oxygens (including phenoxy) is 1. The van der Waals surface area contributed by atoms with Crippen LogP contribution in [0.5, 0.6) is 0 Å². The predicted molar refractivity (Wildman–Crippen MR) is 86.4 cm³/mol. The highest BCUT2D eigenvalue weighted by Crippen LogP contribution is 2.14. The number of carbonyl (C=O) groups is 1. The molecule has 8 heteroatoms. The van der Waals surface area contributed by atoms with Crippen LogP contribution in [0.2, 0.25) is 0 Å². The molecule has 1 aromatic heterocycles. The Morgan fingerprint density at radius 2 is 2.36 bits per heavy atom. The molecule has 0 radical (unpaired) electrons. The maximum Gasteiger partial charge on any atom is 0.225 e. The third-order valence-corrected chi connectivity index (χ3v) is 5.64. The quantitative estimate of drug-likeness (QED) is 0.757. The second-order valence-electron chi connectivity index (χ2n) is 5.36. The molecule has 0 spiro atoms. The van der Waals surface area contributed by atoms with Crippen LogP contribution in [0, 0.1) is 0 Å². The summed E-state index contributed by atoms with van der Waals surface area (Å²) in [5, 5.41) is 4.70. The first-order valence-corrected chi connectivity index (χ1v) is 10.0. The molecule has 1 fully saturated rings. The topological polar surface area (TPSA) is 75.7 Å². The van der Waals surface area contributed by atoms with E-state index >= 15 is 0 Å². The summed E-state index contributed by atoms with van der Waals surface area (Å²) in [4.78, 5) is 12.8. The van der Waals surface area contributed by atoms with E-state index in [0.29, 0.717) is 26.1 Å². The van der Waals surface area contributed by atoms with Gasteiger partial charge in [-0.1, -0.05) is 6.07 Å². The van der Waals surface area contributed by atoms with Crippen LogP contribution in [0.1, 0.15) is 17.7 Å². The van der Waals surface area contributed by atoms with Crippen LogP contribution in [-0.4, -0.2) is 57.2 Å². The highest BCUT2D eigenvalue weighted by Gasteiger charge is 2.24. The SMILES string of the molecule is CS(=O)(=O)N(CCNC(=O)Cc1cccs1)CC1CCCO1. The Kier molecular flexibility index (Phi) is 6.37. The largest absolute Gasteiger partial charge is 0.377 e. The third kappa shape index (κ3) is 5.68. The van der Waals surface area contributed by atoms with E-state index in [1.54, 1.807) is 0 Å². The van der Waals surface area contributed by atoms with E-state index < -0.39 is 10.0 Å². The summed E-state index contributed by atoms with van der Waals surface area (Å²) in [5.74, 6) is -0.0898. The minimum atomic E-state index is -3.30. The van der Waals surface area contributed by atoms with Crippen molar-refractivity contribution in [3.8, 4) is 0 Å². The van der Waals surface area contributed by atoms with Crippen LogP contribution in [0.25, 0.3) is 0 Å². The highest BCUT2D eigenvalue weighted by molar-refractivity contribution is 7.88. The van der Waals surface area contributed by atoms with Crippen LogP contribution in [0.4, 0.5) is 0 Å².